The molecule has 1 aliphatic heterocycles. The van der Waals surface area contributed by atoms with E-state index in [9.17, 15) is 9.90 Å². The van der Waals surface area contributed by atoms with Gasteiger partial charge < -0.3 is 10.0 Å². The summed E-state index contributed by atoms with van der Waals surface area (Å²) in [5.74, 6) is 0.952. The normalized spacial score (nSPS) is 26.0. The minimum absolute atomic E-state index is 0.180. The van der Waals surface area contributed by atoms with Crippen LogP contribution in [0.3, 0.4) is 0 Å². The minimum atomic E-state index is 0.180. The zero-order valence-corrected chi connectivity index (χ0v) is 10.1. The number of hydrogen-bond donors (Lipinski definition) is 1. The van der Waals surface area contributed by atoms with Gasteiger partial charge in [0, 0.05) is 19.6 Å². The average Bonchev–Trinajstić information content (AvgIpc) is 2.96. The minimum Gasteiger partial charge on any atom is -0.395 e. The second kappa shape index (κ2) is 5.15. The summed E-state index contributed by atoms with van der Waals surface area (Å²) in [4.78, 5) is 15.9. The summed E-state index contributed by atoms with van der Waals surface area (Å²) in [6, 6.07) is 0.207. The second-order valence-electron chi connectivity index (χ2n) is 5.17. The first kappa shape index (κ1) is 11.9. The lowest BCUT2D eigenvalue weighted by Gasteiger charge is -2.25. The van der Waals surface area contributed by atoms with Gasteiger partial charge in [-0.15, -0.1) is 0 Å². The Balaban J connectivity index is 1.76. The fourth-order valence-electron chi connectivity index (χ4n) is 2.39. The van der Waals surface area contributed by atoms with Crippen LogP contribution in [-0.2, 0) is 4.79 Å². The van der Waals surface area contributed by atoms with Crippen molar-refractivity contribution in [3.05, 3.63) is 0 Å². The van der Waals surface area contributed by atoms with Crippen LogP contribution in [0.25, 0.3) is 0 Å². The summed E-state index contributed by atoms with van der Waals surface area (Å²) in [5, 5.41) is 9.18. The zero-order chi connectivity index (χ0) is 11.5. The lowest BCUT2D eigenvalue weighted by molar-refractivity contribution is -0.131. The van der Waals surface area contributed by atoms with Crippen LogP contribution in [0.5, 0.6) is 0 Å². The van der Waals surface area contributed by atoms with Gasteiger partial charge in [0.25, 0.3) is 0 Å². The molecule has 1 heterocycles. The van der Waals surface area contributed by atoms with Crippen LogP contribution in [-0.4, -0.2) is 60.1 Å². The van der Waals surface area contributed by atoms with E-state index in [1.807, 2.05) is 11.9 Å². The molecule has 4 nitrogen and oxygen atoms in total. The fraction of sp³-hybridized carbons (Fsp3) is 0.917. The van der Waals surface area contributed by atoms with Gasteiger partial charge in [-0.3, -0.25) is 9.69 Å². The molecule has 0 aromatic rings. The van der Waals surface area contributed by atoms with Gasteiger partial charge in [0.2, 0.25) is 5.91 Å². The molecule has 16 heavy (non-hydrogen) atoms. The third-order valence-electron chi connectivity index (χ3n) is 3.70. The topological polar surface area (TPSA) is 43.8 Å². The van der Waals surface area contributed by atoms with Crippen LogP contribution in [0.1, 0.15) is 25.7 Å². The number of likely N-dealkylation sites (N-methyl/N-ethyl adjacent to an activating group) is 1. The zero-order valence-electron chi connectivity index (χ0n) is 10.1. The molecule has 1 N–H and O–H groups in total. The Hall–Kier alpha value is -0.610. The molecule has 1 atom stereocenters. The molecule has 1 aliphatic carbocycles. The second-order valence-corrected chi connectivity index (χ2v) is 5.17. The number of amides is 1. The SMILES string of the molecule is CN(CC1CC1)C(=O)CN1CCC[C@@H]1CO. The molecule has 0 radical (unpaired) electrons. The quantitative estimate of drug-likeness (QED) is 0.734. The van der Waals surface area contributed by atoms with E-state index in [0.717, 1.165) is 31.8 Å². The van der Waals surface area contributed by atoms with E-state index in [0.29, 0.717) is 6.54 Å². The third kappa shape index (κ3) is 2.95. The van der Waals surface area contributed by atoms with E-state index in [2.05, 4.69) is 4.90 Å². The van der Waals surface area contributed by atoms with Crippen LogP contribution in [0.15, 0.2) is 0 Å². The first-order valence-electron chi connectivity index (χ1n) is 6.29. The number of carbonyl (C=O) groups is 1. The van der Waals surface area contributed by atoms with Crippen molar-refractivity contribution in [3.8, 4) is 0 Å². The average molecular weight is 226 g/mol. The summed E-state index contributed by atoms with van der Waals surface area (Å²) < 4.78 is 0. The third-order valence-corrected chi connectivity index (χ3v) is 3.70. The monoisotopic (exact) mass is 226 g/mol. The summed E-state index contributed by atoms with van der Waals surface area (Å²) in [7, 11) is 1.89. The predicted octanol–water partition coefficient (Wildman–Crippen LogP) is 0.311. The summed E-state index contributed by atoms with van der Waals surface area (Å²) >= 11 is 0. The highest BCUT2D eigenvalue weighted by atomic mass is 16.3. The van der Waals surface area contributed by atoms with Gasteiger partial charge in [-0.2, -0.15) is 0 Å². The van der Waals surface area contributed by atoms with Gasteiger partial charge in [-0.25, -0.2) is 0 Å². The molecular weight excluding hydrogens is 204 g/mol. The summed E-state index contributed by atoms with van der Waals surface area (Å²) in [6.45, 7) is 2.53. The van der Waals surface area contributed by atoms with Crippen molar-refractivity contribution in [2.24, 2.45) is 5.92 Å². The Morgan fingerprint density at radius 3 is 2.81 bits per heavy atom. The molecule has 2 rings (SSSR count). The number of carbonyl (C=O) groups excluding carboxylic acids is 1. The van der Waals surface area contributed by atoms with Crippen LogP contribution in [0, 0.1) is 5.92 Å². The van der Waals surface area contributed by atoms with Crippen molar-refractivity contribution >= 4 is 5.91 Å². The van der Waals surface area contributed by atoms with Crippen molar-refractivity contribution in [2.75, 3.05) is 33.3 Å². The van der Waals surface area contributed by atoms with Gasteiger partial charge in [-0.1, -0.05) is 0 Å². The van der Waals surface area contributed by atoms with Crippen LogP contribution < -0.4 is 0 Å². The van der Waals surface area contributed by atoms with E-state index in [4.69, 9.17) is 0 Å². The van der Waals surface area contributed by atoms with Gasteiger partial charge in [0.05, 0.1) is 13.2 Å². The number of nitrogens with zero attached hydrogens (tertiary/aromatic N) is 2. The first-order valence-corrected chi connectivity index (χ1v) is 6.29. The van der Waals surface area contributed by atoms with Crippen molar-refractivity contribution < 1.29 is 9.90 Å². The molecule has 1 saturated carbocycles. The van der Waals surface area contributed by atoms with Crippen molar-refractivity contribution in [3.63, 3.8) is 0 Å². The number of aliphatic hydroxyl groups excluding tert-OH is 1. The van der Waals surface area contributed by atoms with Gasteiger partial charge >= 0.3 is 0 Å². The van der Waals surface area contributed by atoms with E-state index in [1.165, 1.54) is 12.8 Å². The Kier molecular flexibility index (Phi) is 3.82. The Morgan fingerprint density at radius 2 is 2.19 bits per heavy atom. The van der Waals surface area contributed by atoms with Crippen LogP contribution >= 0.6 is 0 Å². The first-order chi connectivity index (χ1) is 7.70. The molecule has 1 saturated heterocycles. The highest BCUT2D eigenvalue weighted by Crippen LogP contribution is 2.29. The number of likely N-dealkylation sites (tertiary alicyclic amines) is 1. The van der Waals surface area contributed by atoms with E-state index in [1.54, 1.807) is 0 Å². The summed E-state index contributed by atoms with van der Waals surface area (Å²) in [5.41, 5.74) is 0. The molecule has 0 aromatic carbocycles. The molecular formula is C12H22N2O2. The van der Waals surface area contributed by atoms with Crippen LogP contribution in [0.2, 0.25) is 0 Å². The van der Waals surface area contributed by atoms with Gasteiger partial charge in [-0.05, 0) is 38.1 Å². The molecule has 0 spiro atoms. The number of rotatable bonds is 5. The molecule has 1 amide bonds. The highest BCUT2D eigenvalue weighted by molar-refractivity contribution is 5.78. The molecule has 0 unspecified atom stereocenters. The highest BCUT2D eigenvalue weighted by Gasteiger charge is 2.28. The molecule has 2 fully saturated rings. The molecule has 2 aliphatic rings. The van der Waals surface area contributed by atoms with Crippen LogP contribution in [0.4, 0.5) is 0 Å². The Morgan fingerprint density at radius 1 is 1.44 bits per heavy atom. The maximum absolute atomic E-state index is 11.9. The maximum Gasteiger partial charge on any atom is 0.236 e. The van der Waals surface area contributed by atoms with E-state index >= 15 is 0 Å². The molecule has 4 heteroatoms. The Bertz CT molecular complexity index is 253. The van der Waals surface area contributed by atoms with Gasteiger partial charge in [0.1, 0.15) is 0 Å². The lowest BCUT2D eigenvalue weighted by atomic mass is 10.2. The molecule has 0 aromatic heterocycles. The van der Waals surface area contributed by atoms with Gasteiger partial charge in [0.15, 0.2) is 0 Å². The van der Waals surface area contributed by atoms with Crippen molar-refractivity contribution in [1.29, 1.82) is 0 Å². The fourth-order valence-corrected chi connectivity index (χ4v) is 2.39. The number of hydrogen-bond acceptors (Lipinski definition) is 3. The Labute approximate surface area is 97.2 Å². The smallest absolute Gasteiger partial charge is 0.236 e. The predicted molar refractivity (Wildman–Crippen MR) is 62.0 cm³/mol. The lowest BCUT2D eigenvalue weighted by Crippen LogP contribution is -2.42. The summed E-state index contributed by atoms with van der Waals surface area (Å²) in [6.07, 6.45) is 4.68. The standard InChI is InChI=1S/C12H22N2O2/c1-13(7-10-4-5-10)12(16)8-14-6-2-3-11(14)9-15/h10-11,15H,2-9H2,1H3/t11-/m1/s1. The maximum atomic E-state index is 11.9. The van der Waals surface area contributed by atoms with Crippen molar-refractivity contribution in [1.82, 2.24) is 9.80 Å². The van der Waals surface area contributed by atoms with E-state index in [-0.39, 0.29) is 18.6 Å². The van der Waals surface area contributed by atoms with Crippen molar-refractivity contribution in [2.45, 2.75) is 31.7 Å². The molecule has 92 valence electrons. The van der Waals surface area contributed by atoms with E-state index < -0.39 is 0 Å². The largest absolute Gasteiger partial charge is 0.395 e. The number of aliphatic hydroxyl groups is 1. The molecule has 0 bridgehead atoms.